The van der Waals surface area contributed by atoms with Gasteiger partial charge in [0.05, 0.1) is 32.5 Å². The highest BCUT2D eigenvalue weighted by atomic mass is 16.5. The van der Waals surface area contributed by atoms with Gasteiger partial charge in [0.1, 0.15) is 0 Å². The van der Waals surface area contributed by atoms with E-state index in [9.17, 15) is 4.79 Å². The molecule has 8 nitrogen and oxygen atoms in total. The molecule has 1 aliphatic rings. The Balaban J connectivity index is 1.66. The molecule has 1 amide bonds. The minimum atomic E-state index is -0.130. The normalized spacial score (nSPS) is 13.8. The van der Waals surface area contributed by atoms with Crippen molar-refractivity contribution < 1.29 is 23.5 Å². The standard InChI is InChI=1S/C23H25N3O5/c1-28-18-12-14(13-19(29-2)20(18)30-3)21-25-23(31-26-21)17-11-7-6-10-16(17)22(27)24-15-8-4-5-9-15/h6-7,10-13,15H,4-5,8-9H2,1-3H3,(H,24,27). The highest BCUT2D eigenvalue weighted by molar-refractivity contribution is 6.00. The molecule has 1 aliphatic carbocycles. The lowest BCUT2D eigenvalue weighted by atomic mass is 10.1. The number of methoxy groups -OCH3 is 3. The minimum Gasteiger partial charge on any atom is -0.493 e. The number of hydrogen-bond acceptors (Lipinski definition) is 7. The van der Waals surface area contributed by atoms with Crippen molar-refractivity contribution in [1.82, 2.24) is 15.5 Å². The second-order valence-corrected chi connectivity index (χ2v) is 7.34. The quantitative estimate of drug-likeness (QED) is 0.611. The molecule has 0 bridgehead atoms. The third kappa shape index (κ3) is 4.19. The minimum absolute atomic E-state index is 0.130. The average molecular weight is 423 g/mol. The van der Waals surface area contributed by atoms with Gasteiger partial charge in [0.25, 0.3) is 11.8 Å². The summed E-state index contributed by atoms with van der Waals surface area (Å²) in [5, 5.41) is 7.21. The van der Waals surface area contributed by atoms with Crippen molar-refractivity contribution in [2.45, 2.75) is 31.7 Å². The predicted octanol–water partition coefficient (Wildman–Crippen LogP) is 4.10. The number of aromatic nitrogens is 2. The topological polar surface area (TPSA) is 95.7 Å². The van der Waals surface area contributed by atoms with Gasteiger partial charge < -0.3 is 24.1 Å². The van der Waals surface area contributed by atoms with Gasteiger partial charge in [-0.1, -0.05) is 30.1 Å². The maximum atomic E-state index is 12.9. The van der Waals surface area contributed by atoms with Gasteiger partial charge in [-0.25, -0.2) is 0 Å². The molecule has 0 aliphatic heterocycles. The molecule has 0 spiro atoms. The van der Waals surface area contributed by atoms with E-state index >= 15 is 0 Å². The lowest BCUT2D eigenvalue weighted by molar-refractivity contribution is 0.0938. The van der Waals surface area contributed by atoms with E-state index < -0.39 is 0 Å². The van der Waals surface area contributed by atoms with E-state index in [4.69, 9.17) is 18.7 Å². The number of amides is 1. The zero-order chi connectivity index (χ0) is 21.8. The molecule has 0 atom stereocenters. The van der Waals surface area contributed by atoms with E-state index in [2.05, 4.69) is 15.5 Å². The van der Waals surface area contributed by atoms with Gasteiger partial charge in [-0.05, 0) is 37.1 Å². The van der Waals surface area contributed by atoms with Gasteiger partial charge in [-0.15, -0.1) is 0 Å². The van der Waals surface area contributed by atoms with Gasteiger partial charge in [0, 0.05) is 11.6 Å². The first-order valence-corrected chi connectivity index (χ1v) is 10.2. The van der Waals surface area contributed by atoms with Crippen LogP contribution in [0.25, 0.3) is 22.8 Å². The summed E-state index contributed by atoms with van der Waals surface area (Å²) in [5.41, 5.74) is 1.73. The van der Waals surface area contributed by atoms with E-state index in [0.717, 1.165) is 25.7 Å². The molecule has 3 aromatic rings. The molecule has 2 aromatic carbocycles. The molecule has 1 saturated carbocycles. The first kappa shape index (κ1) is 20.7. The van der Waals surface area contributed by atoms with Gasteiger partial charge in [-0.2, -0.15) is 4.98 Å². The maximum absolute atomic E-state index is 12.9. The molecule has 1 fully saturated rings. The first-order chi connectivity index (χ1) is 15.1. The van der Waals surface area contributed by atoms with Gasteiger partial charge in [-0.3, -0.25) is 4.79 Å². The van der Waals surface area contributed by atoms with E-state index in [0.29, 0.717) is 39.8 Å². The molecular weight excluding hydrogens is 398 g/mol. The van der Waals surface area contributed by atoms with Crippen molar-refractivity contribution >= 4 is 5.91 Å². The van der Waals surface area contributed by atoms with Crippen molar-refractivity contribution in [1.29, 1.82) is 0 Å². The van der Waals surface area contributed by atoms with E-state index in [1.165, 1.54) is 0 Å². The van der Waals surface area contributed by atoms with Crippen LogP contribution >= 0.6 is 0 Å². The summed E-state index contributed by atoms with van der Waals surface area (Å²) in [7, 11) is 4.63. The molecule has 31 heavy (non-hydrogen) atoms. The molecular formula is C23H25N3O5. The fraction of sp³-hybridized carbons (Fsp3) is 0.348. The van der Waals surface area contributed by atoms with Crippen LogP contribution in [-0.2, 0) is 0 Å². The summed E-state index contributed by atoms with van der Waals surface area (Å²) in [4.78, 5) is 17.4. The van der Waals surface area contributed by atoms with Crippen LogP contribution in [0.4, 0.5) is 0 Å². The van der Waals surface area contributed by atoms with Crippen molar-refractivity contribution in [3.63, 3.8) is 0 Å². The van der Waals surface area contributed by atoms with Crippen LogP contribution in [0, 0.1) is 0 Å². The van der Waals surface area contributed by atoms with E-state index in [1.807, 2.05) is 12.1 Å². The number of nitrogens with zero attached hydrogens (tertiary/aromatic N) is 2. The lowest BCUT2D eigenvalue weighted by Crippen LogP contribution is -2.32. The molecule has 8 heteroatoms. The summed E-state index contributed by atoms with van der Waals surface area (Å²) in [6.45, 7) is 0. The Labute approximate surface area is 180 Å². The molecule has 0 saturated heterocycles. The Kier molecular flexibility index (Phi) is 6.06. The number of nitrogens with one attached hydrogen (secondary N) is 1. The third-order valence-corrected chi connectivity index (χ3v) is 5.44. The fourth-order valence-corrected chi connectivity index (χ4v) is 3.86. The molecule has 1 heterocycles. The Morgan fingerprint density at radius 1 is 1.03 bits per heavy atom. The molecule has 1 N–H and O–H groups in total. The average Bonchev–Trinajstić information content (AvgIpc) is 3.50. The van der Waals surface area contributed by atoms with Crippen molar-refractivity contribution in [3.05, 3.63) is 42.0 Å². The molecule has 4 rings (SSSR count). The van der Waals surface area contributed by atoms with Crippen LogP contribution < -0.4 is 19.5 Å². The summed E-state index contributed by atoms with van der Waals surface area (Å²) in [6, 6.07) is 10.9. The number of rotatable bonds is 7. The SMILES string of the molecule is COc1cc(-c2noc(-c3ccccc3C(=O)NC3CCCC3)n2)cc(OC)c1OC. The second kappa shape index (κ2) is 9.07. The zero-order valence-electron chi connectivity index (χ0n) is 17.8. The molecule has 0 unspecified atom stereocenters. The Bertz CT molecular complexity index is 1050. The van der Waals surface area contributed by atoms with Gasteiger partial charge >= 0.3 is 0 Å². The van der Waals surface area contributed by atoms with E-state index in [1.54, 1.807) is 45.6 Å². The summed E-state index contributed by atoms with van der Waals surface area (Å²) in [5.74, 6) is 1.93. The monoisotopic (exact) mass is 423 g/mol. The summed E-state index contributed by atoms with van der Waals surface area (Å²) >= 11 is 0. The second-order valence-electron chi connectivity index (χ2n) is 7.34. The number of carbonyl (C=O) groups excluding carboxylic acids is 1. The van der Waals surface area contributed by atoms with Crippen LogP contribution in [0.5, 0.6) is 17.2 Å². The predicted molar refractivity (Wildman–Crippen MR) is 115 cm³/mol. The number of hydrogen-bond donors (Lipinski definition) is 1. The van der Waals surface area contributed by atoms with Gasteiger partial charge in [0.15, 0.2) is 11.5 Å². The highest BCUT2D eigenvalue weighted by Gasteiger charge is 2.23. The third-order valence-electron chi connectivity index (χ3n) is 5.44. The molecule has 162 valence electrons. The Morgan fingerprint density at radius 2 is 1.71 bits per heavy atom. The smallest absolute Gasteiger partial charge is 0.259 e. The fourth-order valence-electron chi connectivity index (χ4n) is 3.86. The van der Waals surface area contributed by atoms with Crippen molar-refractivity contribution in [2.75, 3.05) is 21.3 Å². The molecule has 0 radical (unpaired) electrons. The number of benzene rings is 2. The van der Waals surface area contributed by atoms with Crippen LogP contribution in [0.15, 0.2) is 40.9 Å². The molecule has 1 aromatic heterocycles. The van der Waals surface area contributed by atoms with Crippen LogP contribution in [-0.4, -0.2) is 43.4 Å². The first-order valence-electron chi connectivity index (χ1n) is 10.2. The largest absolute Gasteiger partial charge is 0.493 e. The van der Waals surface area contributed by atoms with Crippen LogP contribution in [0.3, 0.4) is 0 Å². The van der Waals surface area contributed by atoms with Crippen LogP contribution in [0.2, 0.25) is 0 Å². The summed E-state index contributed by atoms with van der Waals surface area (Å²) < 4.78 is 21.7. The number of ether oxygens (including phenoxy) is 3. The highest BCUT2D eigenvalue weighted by Crippen LogP contribution is 2.41. The Morgan fingerprint density at radius 3 is 2.35 bits per heavy atom. The van der Waals surface area contributed by atoms with Crippen molar-refractivity contribution in [3.8, 4) is 40.1 Å². The lowest BCUT2D eigenvalue weighted by Gasteiger charge is -2.13. The van der Waals surface area contributed by atoms with Crippen molar-refractivity contribution in [2.24, 2.45) is 0 Å². The zero-order valence-corrected chi connectivity index (χ0v) is 17.8. The van der Waals surface area contributed by atoms with Gasteiger partial charge in [0.2, 0.25) is 11.6 Å². The van der Waals surface area contributed by atoms with Crippen LogP contribution in [0.1, 0.15) is 36.0 Å². The maximum Gasteiger partial charge on any atom is 0.259 e. The Hall–Kier alpha value is -3.55. The summed E-state index contributed by atoms with van der Waals surface area (Å²) in [6.07, 6.45) is 4.32. The number of carbonyl (C=O) groups is 1. The van der Waals surface area contributed by atoms with E-state index in [-0.39, 0.29) is 17.8 Å².